The second-order valence-corrected chi connectivity index (χ2v) is 6.75. The fourth-order valence-corrected chi connectivity index (χ4v) is 3.19. The van der Waals surface area contributed by atoms with E-state index in [0.29, 0.717) is 5.91 Å². The predicted octanol–water partition coefficient (Wildman–Crippen LogP) is 2.57. The topological polar surface area (TPSA) is 46.3 Å². The first-order valence-corrected chi connectivity index (χ1v) is 7.76. The Bertz CT molecular complexity index is 301. The Morgan fingerprint density at radius 1 is 1.00 bits per heavy atom. The van der Waals surface area contributed by atoms with Crippen LogP contribution in [0, 0.1) is 17.8 Å². The van der Waals surface area contributed by atoms with Crippen molar-refractivity contribution < 1.29 is 4.79 Å². The van der Waals surface area contributed by atoms with Crippen molar-refractivity contribution in [2.45, 2.75) is 57.4 Å². The van der Waals surface area contributed by atoms with Crippen LogP contribution in [0.5, 0.6) is 0 Å². The molecule has 2 unspecified atom stereocenters. The molecule has 3 nitrogen and oxygen atoms in total. The van der Waals surface area contributed by atoms with Gasteiger partial charge in [-0.3, -0.25) is 4.79 Å². The molecule has 3 aliphatic rings. The Morgan fingerprint density at radius 3 is 2.05 bits per heavy atom. The quantitative estimate of drug-likeness (QED) is 0.844. The molecule has 4 heteroatoms. The van der Waals surface area contributed by atoms with Crippen LogP contribution in [0.4, 0.5) is 0 Å². The molecular formula is C15H27ClN2O. The first kappa shape index (κ1) is 15.1. The highest BCUT2D eigenvalue weighted by atomic mass is 35.5. The van der Waals surface area contributed by atoms with E-state index in [1.807, 2.05) is 0 Å². The molecule has 3 fully saturated rings. The van der Waals surface area contributed by atoms with Gasteiger partial charge in [-0.05, 0) is 56.8 Å². The van der Waals surface area contributed by atoms with Crippen LogP contribution in [0.1, 0.15) is 51.4 Å². The Hall–Kier alpha value is -0.280. The molecule has 3 saturated carbocycles. The summed E-state index contributed by atoms with van der Waals surface area (Å²) in [5, 5.41) is 0. The largest absolute Gasteiger partial charge is 0.342 e. The van der Waals surface area contributed by atoms with Crippen LogP contribution in [0.3, 0.4) is 0 Å². The zero-order valence-electron chi connectivity index (χ0n) is 11.7. The molecule has 2 N–H and O–H groups in total. The van der Waals surface area contributed by atoms with Gasteiger partial charge in [-0.2, -0.15) is 0 Å². The van der Waals surface area contributed by atoms with E-state index >= 15 is 0 Å². The molecule has 0 radical (unpaired) electrons. The maximum absolute atomic E-state index is 12.6. The first-order valence-electron chi connectivity index (χ1n) is 7.76. The van der Waals surface area contributed by atoms with Crippen molar-refractivity contribution in [1.82, 2.24) is 4.90 Å². The molecule has 3 rings (SSSR count). The van der Waals surface area contributed by atoms with Crippen LogP contribution in [-0.4, -0.2) is 29.9 Å². The second kappa shape index (κ2) is 6.45. The highest BCUT2D eigenvalue weighted by Gasteiger charge is 2.35. The minimum Gasteiger partial charge on any atom is -0.342 e. The van der Waals surface area contributed by atoms with Gasteiger partial charge in [0.2, 0.25) is 5.91 Å². The van der Waals surface area contributed by atoms with E-state index in [1.54, 1.807) is 0 Å². The Kier molecular flexibility index (Phi) is 5.13. The number of carbonyl (C=O) groups excluding carboxylic acids is 1. The molecule has 0 aliphatic heterocycles. The molecule has 0 spiro atoms. The zero-order valence-corrected chi connectivity index (χ0v) is 12.5. The summed E-state index contributed by atoms with van der Waals surface area (Å²) in [7, 11) is 0. The third kappa shape index (κ3) is 4.35. The van der Waals surface area contributed by atoms with Crippen LogP contribution < -0.4 is 5.73 Å². The van der Waals surface area contributed by atoms with Gasteiger partial charge >= 0.3 is 0 Å². The third-order valence-electron chi connectivity index (χ3n) is 4.73. The van der Waals surface area contributed by atoms with Crippen molar-refractivity contribution in [2.75, 3.05) is 13.1 Å². The lowest BCUT2D eigenvalue weighted by Crippen LogP contribution is -2.42. The molecular weight excluding hydrogens is 260 g/mol. The fourth-order valence-electron chi connectivity index (χ4n) is 3.19. The maximum atomic E-state index is 12.6. The molecule has 3 aliphatic carbocycles. The van der Waals surface area contributed by atoms with Crippen LogP contribution in [0.2, 0.25) is 0 Å². The van der Waals surface area contributed by atoms with Crippen LogP contribution in [0.25, 0.3) is 0 Å². The van der Waals surface area contributed by atoms with Crippen molar-refractivity contribution in [3.8, 4) is 0 Å². The summed E-state index contributed by atoms with van der Waals surface area (Å²) < 4.78 is 0. The fraction of sp³-hybridized carbons (Fsp3) is 0.933. The second-order valence-electron chi connectivity index (χ2n) is 6.75. The molecule has 0 aromatic carbocycles. The van der Waals surface area contributed by atoms with Crippen LogP contribution >= 0.6 is 12.4 Å². The lowest BCUT2D eigenvalue weighted by molar-refractivity contribution is -0.137. The summed E-state index contributed by atoms with van der Waals surface area (Å²) in [6.45, 7) is 2.06. The first-order chi connectivity index (χ1) is 8.72. The van der Waals surface area contributed by atoms with Crippen molar-refractivity contribution in [3.05, 3.63) is 0 Å². The number of nitrogens with zero attached hydrogens (tertiary/aromatic N) is 1. The zero-order chi connectivity index (χ0) is 12.5. The van der Waals surface area contributed by atoms with Gasteiger partial charge in [-0.1, -0.05) is 6.42 Å². The van der Waals surface area contributed by atoms with E-state index in [-0.39, 0.29) is 24.4 Å². The number of nitrogens with two attached hydrogens (primary N) is 1. The monoisotopic (exact) mass is 286 g/mol. The number of carbonyl (C=O) groups is 1. The SMILES string of the molecule is Cl.NC1CCCC(C(=O)N(CC2CC2)CC2CC2)C1. The minimum atomic E-state index is 0. The summed E-state index contributed by atoms with van der Waals surface area (Å²) in [4.78, 5) is 14.8. The standard InChI is InChI=1S/C15H26N2O.ClH/c16-14-3-1-2-13(8-14)15(18)17(9-11-4-5-11)10-12-6-7-12;/h11-14H,1-10,16H2;1H. The van der Waals surface area contributed by atoms with Gasteiger partial charge in [0.15, 0.2) is 0 Å². The van der Waals surface area contributed by atoms with E-state index in [9.17, 15) is 4.79 Å². The summed E-state index contributed by atoms with van der Waals surface area (Å²) in [6.07, 6.45) is 9.56. The maximum Gasteiger partial charge on any atom is 0.225 e. The average molecular weight is 287 g/mol. The molecule has 19 heavy (non-hydrogen) atoms. The van der Waals surface area contributed by atoms with Gasteiger partial charge in [0, 0.05) is 25.0 Å². The molecule has 1 amide bonds. The van der Waals surface area contributed by atoms with E-state index in [1.165, 1.54) is 25.7 Å². The van der Waals surface area contributed by atoms with Crippen molar-refractivity contribution in [1.29, 1.82) is 0 Å². The van der Waals surface area contributed by atoms with E-state index in [0.717, 1.165) is 50.6 Å². The van der Waals surface area contributed by atoms with Gasteiger partial charge < -0.3 is 10.6 Å². The van der Waals surface area contributed by atoms with Gasteiger partial charge in [-0.15, -0.1) is 12.4 Å². The Balaban J connectivity index is 0.00000133. The van der Waals surface area contributed by atoms with Crippen LogP contribution in [-0.2, 0) is 4.79 Å². The average Bonchev–Trinajstić information content (AvgIpc) is 3.22. The van der Waals surface area contributed by atoms with E-state index < -0.39 is 0 Å². The lowest BCUT2D eigenvalue weighted by atomic mass is 9.85. The molecule has 0 aromatic heterocycles. The van der Waals surface area contributed by atoms with E-state index in [4.69, 9.17) is 5.73 Å². The Morgan fingerprint density at radius 2 is 1.58 bits per heavy atom. The number of hydrogen-bond donors (Lipinski definition) is 1. The number of hydrogen-bond acceptors (Lipinski definition) is 2. The lowest BCUT2D eigenvalue weighted by Gasteiger charge is -2.31. The summed E-state index contributed by atoms with van der Waals surface area (Å²) in [5.74, 6) is 2.27. The number of halogens is 1. The molecule has 0 heterocycles. The number of amides is 1. The summed E-state index contributed by atoms with van der Waals surface area (Å²) >= 11 is 0. The van der Waals surface area contributed by atoms with Crippen molar-refractivity contribution in [2.24, 2.45) is 23.5 Å². The summed E-state index contributed by atoms with van der Waals surface area (Å²) in [5.41, 5.74) is 6.02. The third-order valence-corrected chi connectivity index (χ3v) is 4.73. The van der Waals surface area contributed by atoms with Gasteiger partial charge in [0.25, 0.3) is 0 Å². The molecule has 0 aromatic rings. The molecule has 0 bridgehead atoms. The highest BCUT2D eigenvalue weighted by Crippen LogP contribution is 2.35. The summed E-state index contributed by atoms with van der Waals surface area (Å²) in [6, 6.07) is 0.261. The molecule has 0 saturated heterocycles. The Labute approximate surface area is 122 Å². The van der Waals surface area contributed by atoms with Gasteiger partial charge in [0.1, 0.15) is 0 Å². The smallest absolute Gasteiger partial charge is 0.225 e. The highest BCUT2D eigenvalue weighted by molar-refractivity contribution is 5.85. The molecule has 2 atom stereocenters. The van der Waals surface area contributed by atoms with Crippen molar-refractivity contribution >= 4 is 18.3 Å². The number of rotatable bonds is 5. The minimum absolute atomic E-state index is 0. The predicted molar refractivity (Wildman–Crippen MR) is 79.2 cm³/mol. The van der Waals surface area contributed by atoms with Gasteiger partial charge in [-0.25, -0.2) is 0 Å². The molecule has 110 valence electrons. The van der Waals surface area contributed by atoms with Gasteiger partial charge in [0.05, 0.1) is 0 Å². The van der Waals surface area contributed by atoms with Crippen molar-refractivity contribution in [3.63, 3.8) is 0 Å². The van der Waals surface area contributed by atoms with E-state index in [2.05, 4.69) is 4.90 Å². The normalized spacial score (nSPS) is 30.6. The van der Waals surface area contributed by atoms with Crippen LogP contribution in [0.15, 0.2) is 0 Å².